The average Bonchev–Trinajstić information content (AvgIpc) is 3.28. The van der Waals surface area contributed by atoms with E-state index in [1.165, 1.54) is 16.8 Å². The van der Waals surface area contributed by atoms with Gasteiger partial charge in [-0.25, -0.2) is 4.79 Å². The second-order valence-corrected chi connectivity index (χ2v) is 8.51. The largest absolute Gasteiger partial charge is 0.508 e. The topological polar surface area (TPSA) is 142 Å². The number of carbonyl (C=O) groups is 1. The molecule has 206 valence electrons. The van der Waals surface area contributed by atoms with E-state index < -0.39 is 69.6 Å². The van der Waals surface area contributed by atoms with Gasteiger partial charge in [0.05, 0.1) is 14.1 Å². The first-order valence-corrected chi connectivity index (χ1v) is 11.6. The SMILES string of the molecule is [2H]C([2H])(c1ccc(OC([2H])(C([2H])([2H])[2H])C([2H])([2H])[2H])cc1)c1c(O[C@@H]2O[C@H](COC(=O)OCC)[C@@H](O)[C@H](O)[C@H]2O)nn(C(C)C)c1C. The molecule has 0 aliphatic carbocycles. The van der Waals surface area contributed by atoms with Crippen molar-refractivity contribution < 1.29 is 56.1 Å². The van der Waals surface area contributed by atoms with E-state index in [9.17, 15) is 20.1 Å². The molecule has 0 unspecified atom stereocenters. The molecule has 2 heterocycles. The van der Waals surface area contributed by atoms with E-state index in [1.54, 1.807) is 27.7 Å². The minimum atomic E-state index is -3.35. The number of aliphatic hydroxyl groups excluding tert-OH is 3. The minimum Gasteiger partial charge on any atom is -0.491 e. The maximum atomic E-state index is 11.6. The number of rotatable bonds is 10. The van der Waals surface area contributed by atoms with Crippen molar-refractivity contribution in [2.45, 2.75) is 90.6 Å². The van der Waals surface area contributed by atoms with Crippen LogP contribution >= 0.6 is 0 Å². The lowest BCUT2D eigenvalue weighted by atomic mass is 9.99. The second-order valence-electron chi connectivity index (χ2n) is 8.51. The van der Waals surface area contributed by atoms with E-state index in [2.05, 4.69) is 9.84 Å². The van der Waals surface area contributed by atoms with E-state index >= 15 is 0 Å². The molecule has 11 nitrogen and oxygen atoms in total. The minimum absolute atomic E-state index is 0.0217. The van der Waals surface area contributed by atoms with Gasteiger partial charge in [-0.05, 0) is 59.1 Å². The van der Waals surface area contributed by atoms with Crippen LogP contribution in [-0.4, -0.2) is 81.3 Å². The van der Waals surface area contributed by atoms with Gasteiger partial charge in [0.15, 0.2) is 0 Å². The fourth-order valence-electron chi connectivity index (χ4n) is 3.66. The van der Waals surface area contributed by atoms with Crippen molar-refractivity contribution in [3.63, 3.8) is 0 Å². The summed E-state index contributed by atoms with van der Waals surface area (Å²) < 4.78 is 98.9. The molecule has 0 spiro atoms. The summed E-state index contributed by atoms with van der Waals surface area (Å²) in [6, 6.07) is 4.36. The lowest BCUT2D eigenvalue weighted by Crippen LogP contribution is -2.60. The molecule has 1 fully saturated rings. The molecule has 1 aromatic carbocycles. The Balaban J connectivity index is 1.97. The monoisotopic (exact) mass is 531 g/mol. The van der Waals surface area contributed by atoms with Crippen LogP contribution in [0.4, 0.5) is 4.79 Å². The maximum absolute atomic E-state index is 11.6. The number of hydrogen-bond donors (Lipinski definition) is 3. The molecule has 37 heavy (non-hydrogen) atoms. The molecule has 1 aromatic heterocycles. The van der Waals surface area contributed by atoms with Gasteiger partial charge in [-0.3, -0.25) is 4.68 Å². The van der Waals surface area contributed by atoms with Crippen LogP contribution in [0, 0.1) is 6.92 Å². The van der Waals surface area contributed by atoms with Gasteiger partial charge in [-0.1, -0.05) is 12.1 Å². The van der Waals surface area contributed by atoms with Crippen LogP contribution < -0.4 is 9.47 Å². The van der Waals surface area contributed by atoms with Crippen molar-refractivity contribution in [3.05, 3.63) is 41.1 Å². The molecule has 0 saturated carbocycles. The maximum Gasteiger partial charge on any atom is 0.508 e. The molecule has 3 N–H and O–H groups in total. The summed E-state index contributed by atoms with van der Waals surface area (Å²) in [7, 11) is 0. The number of benzene rings is 1. The summed E-state index contributed by atoms with van der Waals surface area (Å²) in [6.45, 7) is -0.587. The third kappa shape index (κ3) is 7.13. The number of aliphatic hydroxyl groups is 3. The van der Waals surface area contributed by atoms with Crippen LogP contribution in [0.15, 0.2) is 24.3 Å². The summed E-state index contributed by atoms with van der Waals surface area (Å²) in [5, 5.41) is 35.9. The van der Waals surface area contributed by atoms with Gasteiger partial charge in [0, 0.05) is 34.6 Å². The molecule has 5 atom stereocenters. The van der Waals surface area contributed by atoms with E-state index in [4.69, 9.17) is 31.3 Å². The zero-order valence-corrected chi connectivity index (χ0v) is 20.9. The third-order valence-electron chi connectivity index (χ3n) is 5.47. The van der Waals surface area contributed by atoms with Crippen molar-refractivity contribution >= 4 is 6.16 Å². The normalized spacial score (nSPS) is 28.8. The Morgan fingerprint density at radius 3 is 2.51 bits per heavy atom. The lowest BCUT2D eigenvalue weighted by Gasteiger charge is -2.39. The van der Waals surface area contributed by atoms with Crippen LogP contribution in [0.2, 0.25) is 0 Å². The van der Waals surface area contributed by atoms with Gasteiger partial charge in [0.2, 0.25) is 12.2 Å². The standard InChI is InChI=1S/C26H38N2O9/c1-7-33-26(32)34-13-20-21(29)22(30)23(31)25(36-20)37-24-19(16(6)28(27-24)14(2)3)12-17-8-10-18(11-9-17)35-15(4)5/h8-11,14-15,20-23,25,29-31H,7,12-13H2,1-6H3/t20-,21-,22+,23-,25+/m1/s1/i4D3,5D3,12D2,15D. The first-order valence-electron chi connectivity index (χ1n) is 16.1. The van der Waals surface area contributed by atoms with Crippen molar-refractivity contribution in [1.82, 2.24) is 9.78 Å². The highest BCUT2D eigenvalue weighted by Gasteiger charge is 2.46. The Labute approximate surface area is 229 Å². The van der Waals surface area contributed by atoms with Gasteiger partial charge < -0.3 is 39.0 Å². The van der Waals surface area contributed by atoms with Crippen LogP contribution in [0.5, 0.6) is 11.6 Å². The molecule has 11 heteroatoms. The molecule has 2 aromatic rings. The van der Waals surface area contributed by atoms with E-state index in [1.807, 2.05) is 0 Å². The summed E-state index contributed by atoms with van der Waals surface area (Å²) >= 11 is 0. The highest BCUT2D eigenvalue weighted by atomic mass is 16.7. The van der Waals surface area contributed by atoms with Gasteiger partial charge in [-0.15, -0.1) is 5.10 Å². The predicted molar refractivity (Wildman–Crippen MR) is 133 cm³/mol. The Hall–Kier alpha value is -2.86. The summed E-state index contributed by atoms with van der Waals surface area (Å²) in [4.78, 5) is 11.6. The Morgan fingerprint density at radius 2 is 1.89 bits per heavy atom. The Morgan fingerprint density at radius 1 is 1.19 bits per heavy atom. The van der Waals surface area contributed by atoms with Crippen molar-refractivity contribution in [2.24, 2.45) is 0 Å². The van der Waals surface area contributed by atoms with Crippen molar-refractivity contribution in [3.8, 4) is 11.6 Å². The number of nitrogens with zero attached hydrogens (tertiary/aromatic N) is 2. The molecule has 1 aliphatic rings. The van der Waals surface area contributed by atoms with E-state index in [-0.39, 0.29) is 35.4 Å². The first-order chi connectivity index (χ1) is 21.1. The molecule has 0 amide bonds. The number of aromatic nitrogens is 2. The smallest absolute Gasteiger partial charge is 0.491 e. The van der Waals surface area contributed by atoms with Gasteiger partial charge >= 0.3 is 6.16 Å². The van der Waals surface area contributed by atoms with Gasteiger partial charge in [0.1, 0.15) is 36.8 Å². The third-order valence-corrected chi connectivity index (χ3v) is 5.47. The van der Waals surface area contributed by atoms with E-state index in [0.717, 1.165) is 12.1 Å². The Kier molecular flexibility index (Phi) is 6.26. The second kappa shape index (κ2) is 12.6. The summed E-state index contributed by atoms with van der Waals surface area (Å²) in [5.41, 5.74) is 0.152. The molecule has 1 aliphatic heterocycles. The molecule has 3 rings (SSSR count). The number of carbonyl (C=O) groups excluding carboxylic acids is 1. The highest BCUT2D eigenvalue weighted by Crippen LogP contribution is 2.31. The quantitative estimate of drug-likeness (QED) is 0.392. The zero-order valence-electron chi connectivity index (χ0n) is 29.9. The molecular formula is C26H38N2O9. The number of hydrogen-bond acceptors (Lipinski definition) is 10. The lowest BCUT2D eigenvalue weighted by molar-refractivity contribution is -0.278. The van der Waals surface area contributed by atoms with Crippen molar-refractivity contribution in [2.75, 3.05) is 13.2 Å². The molecule has 0 radical (unpaired) electrons. The first kappa shape index (κ1) is 18.4. The van der Waals surface area contributed by atoms with Gasteiger partial charge in [0.25, 0.3) is 0 Å². The average molecular weight is 532 g/mol. The van der Waals surface area contributed by atoms with Crippen molar-refractivity contribution in [1.29, 1.82) is 0 Å². The Bertz CT molecular complexity index is 1340. The molecule has 1 saturated heterocycles. The van der Waals surface area contributed by atoms with Crippen LogP contribution in [0.3, 0.4) is 0 Å². The fourth-order valence-corrected chi connectivity index (χ4v) is 3.66. The van der Waals surface area contributed by atoms with Gasteiger partial charge in [-0.2, -0.15) is 0 Å². The molecular weight excluding hydrogens is 484 g/mol. The van der Waals surface area contributed by atoms with Crippen LogP contribution in [0.25, 0.3) is 0 Å². The van der Waals surface area contributed by atoms with E-state index in [0.29, 0.717) is 5.69 Å². The van der Waals surface area contributed by atoms with Crippen LogP contribution in [0.1, 0.15) is 69.7 Å². The summed E-state index contributed by atoms with van der Waals surface area (Å²) in [6.07, 6.45) is -15.2. The summed E-state index contributed by atoms with van der Waals surface area (Å²) in [5.74, 6) is -0.653. The number of ether oxygens (including phenoxy) is 5. The predicted octanol–water partition coefficient (Wildman–Crippen LogP) is 2.51. The highest BCUT2D eigenvalue weighted by molar-refractivity contribution is 5.59. The zero-order chi connectivity index (χ0) is 35.0. The fraction of sp³-hybridized carbons (Fsp3) is 0.615. The molecule has 0 bridgehead atoms. The van der Waals surface area contributed by atoms with Crippen LogP contribution in [-0.2, 0) is 20.6 Å².